The van der Waals surface area contributed by atoms with Gasteiger partial charge in [0.2, 0.25) is 5.91 Å². The number of carboxylic acids is 1. The summed E-state index contributed by atoms with van der Waals surface area (Å²) in [7, 11) is 1.80. The first kappa shape index (κ1) is 30.7. The van der Waals surface area contributed by atoms with E-state index in [2.05, 4.69) is 20.9 Å². The van der Waals surface area contributed by atoms with Crippen molar-refractivity contribution in [1.82, 2.24) is 25.6 Å². The first-order valence-corrected chi connectivity index (χ1v) is 13.9. The fourth-order valence-electron chi connectivity index (χ4n) is 4.42. The Morgan fingerprint density at radius 3 is 2.67 bits per heavy atom. The molecule has 1 aromatic heterocycles. The molecule has 2 heterocycles. The molecule has 0 radical (unpaired) electrons. The standard InChI is InChI=1S/C30H27N5O6.C2H6/c1-31-12-4-7-28(37)32-17-19-18-35(34-33-19)13-14-40-21-9-11-25-27(16-21)41-26-15-20(36)8-10-24(26)29(25)22-5-2-3-6-23(22)30(38)39;1-2/h2-11,15-16,18,31H,12-14,17H2,1H3,(H,32,37)(H,38,39);1-2H3/b7-4+;. The highest BCUT2D eigenvalue weighted by molar-refractivity contribution is 6.07. The molecule has 0 unspecified atom stereocenters. The minimum absolute atomic E-state index is 0.143. The fraction of sp³-hybridized carbons (Fsp3) is 0.219. The molecular formula is C32H33N5O6. The summed E-state index contributed by atoms with van der Waals surface area (Å²) in [4.78, 5) is 35.9. The highest BCUT2D eigenvalue weighted by atomic mass is 16.5. The van der Waals surface area contributed by atoms with Gasteiger partial charge in [-0.05, 0) is 42.9 Å². The molecule has 2 aliphatic rings. The van der Waals surface area contributed by atoms with Crippen LogP contribution in [-0.4, -0.2) is 52.2 Å². The number of carbonyl (C=O) groups is 2. The Morgan fingerprint density at radius 2 is 1.88 bits per heavy atom. The summed E-state index contributed by atoms with van der Waals surface area (Å²) in [6.07, 6.45) is 4.92. The second-order valence-electron chi connectivity index (χ2n) is 9.14. The Bertz CT molecular complexity index is 1770. The van der Waals surface area contributed by atoms with Crippen LogP contribution in [0.3, 0.4) is 0 Å². The van der Waals surface area contributed by atoms with E-state index >= 15 is 0 Å². The van der Waals surface area contributed by atoms with Gasteiger partial charge in [-0.3, -0.25) is 9.59 Å². The molecule has 0 saturated heterocycles. The molecule has 11 heteroatoms. The largest absolute Gasteiger partial charge is 0.492 e. The van der Waals surface area contributed by atoms with Gasteiger partial charge in [-0.25, -0.2) is 9.48 Å². The van der Waals surface area contributed by atoms with Gasteiger partial charge in [0.05, 0.1) is 24.8 Å². The van der Waals surface area contributed by atoms with E-state index in [0.717, 1.165) is 0 Å². The summed E-state index contributed by atoms with van der Waals surface area (Å²) >= 11 is 0. The maximum absolute atomic E-state index is 12.1. The van der Waals surface area contributed by atoms with Gasteiger partial charge in [0.1, 0.15) is 29.4 Å². The number of rotatable bonds is 11. The van der Waals surface area contributed by atoms with Crippen LogP contribution in [0.1, 0.15) is 29.9 Å². The Balaban J connectivity index is 0.00000207. The van der Waals surface area contributed by atoms with Crippen molar-refractivity contribution in [2.45, 2.75) is 26.9 Å². The van der Waals surface area contributed by atoms with Gasteiger partial charge in [-0.15, -0.1) is 5.10 Å². The first-order chi connectivity index (χ1) is 20.9. The van der Waals surface area contributed by atoms with Crippen molar-refractivity contribution >= 4 is 22.8 Å². The molecule has 0 bridgehead atoms. The number of carbonyl (C=O) groups excluding carboxylic acids is 1. The predicted molar refractivity (Wildman–Crippen MR) is 163 cm³/mol. The van der Waals surface area contributed by atoms with Crippen LogP contribution in [0.2, 0.25) is 0 Å². The number of nitrogens with zero attached hydrogens (tertiary/aromatic N) is 3. The number of hydrogen-bond acceptors (Lipinski definition) is 8. The minimum atomic E-state index is -1.05. The van der Waals surface area contributed by atoms with Crippen LogP contribution in [0.25, 0.3) is 33.4 Å². The van der Waals surface area contributed by atoms with E-state index in [4.69, 9.17) is 9.15 Å². The van der Waals surface area contributed by atoms with Crippen LogP contribution in [0.4, 0.5) is 0 Å². The lowest BCUT2D eigenvalue weighted by Gasteiger charge is -2.17. The zero-order chi connectivity index (χ0) is 30.8. The lowest BCUT2D eigenvalue weighted by Crippen LogP contribution is -2.21. The number of aromatic nitrogens is 3. The second-order valence-corrected chi connectivity index (χ2v) is 9.14. The maximum Gasteiger partial charge on any atom is 0.336 e. The number of carboxylic acid groups (broad SMARTS) is 1. The predicted octanol–water partition coefficient (Wildman–Crippen LogP) is 4.35. The van der Waals surface area contributed by atoms with Crippen LogP contribution >= 0.6 is 0 Å². The van der Waals surface area contributed by atoms with Gasteiger partial charge in [-0.1, -0.05) is 43.3 Å². The molecule has 0 saturated carbocycles. The number of benzene rings is 3. The van der Waals surface area contributed by atoms with Crippen molar-refractivity contribution in [3.05, 3.63) is 100 Å². The summed E-state index contributed by atoms with van der Waals surface area (Å²) in [6.45, 7) is 5.54. The Morgan fingerprint density at radius 1 is 1.07 bits per heavy atom. The molecule has 1 aliphatic carbocycles. The highest BCUT2D eigenvalue weighted by Crippen LogP contribution is 2.41. The Hall–Kier alpha value is -5.29. The van der Waals surface area contributed by atoms with Crippen LogP contribution < -0.4 is 20.8 Å². The lowest BCUT2D eigenvalue weighted by atomic mass is 9.91. The molecule has 3 N–H and O–H groups in total. The van der Waals surface area contributed by atoms with E-state index in [1.807, 2.05) is 19.9 Å². The molecule has 222 valence electrons. The summed E-state index contributed by atoms with van der Waals surface area (Å²) in [5.41, 5.74) is 2.79. The first-order valence-electron chi connectivity index (χ1n) is 13.9. The Labute approximate surface area is 248 Å². The lowest BCUT2D eigenvalue weighted by molar-refractivity contribution is -0.116. The number of aromatic carboxylic acids is 1. The van der Waals surface area contributed by atoms with E-state index in [9.17, 15) is 19.5 Å². The average Bonchev–Trinajstić information content (AvgIpc) is 3.47. The van der Waals surface area contributed by atoms with Gasteiger partial charge in [0, 0.05) is 41.3 Å². The number of fused-ring (bicyclic) bond motifs is 2. The second kappa shape index (κ2) is 14.6. The van der Waals surface area contributed by atoms with E-state index in [0.29, 0.717) is 58.0 Å². The van der Waals surface area contributed by atoms with Crippen LogP contribution in [-0.2, 0) is 17.9 Å². The van der Waals surface area contributed by atoms with Crippen molar-refractivity contribution in [2.24, 2.45) is 0 Å². The molecule has 43 heavy (non-hydrogen) atoms. The quantitative estimate of drug-likeness (QED) is 0.152. The third-order valence-corrected chi connectivity index (χ3v) is 6.30. The maximum atomic E-state index is 12.1. The molecule has 0 fully saturated rings. The topological polar surface area (TPSA) is 149 Å². The fourth-order valence-corrected chi connectivity index (χ4v) is 4.42. The summed E-state index contributed by atoms with van der Waals surface area (Å²) in [5, 5.41) is 24.3. The molecule has 0 spiro atoms. The average molecular weight is 584 g/mol. The third-order valence-electron chi connectivity index (χ3n) is 6.30. The van der Waals surface area contributed by atoms with Crippen molar-refractivity contribution < 1.29 is 23.8 Å². The van der Waals surface area contributed by atoms with Crippen molar-refractivity contribution in [3.63, 3.8) is 0 Å². The monoisotopic (exact) mass is 583 g/mol. The van der Waals surface area contributed by atoms with Gasteiger partial charge in [0.25, 0.3) is 0 Å². The third kappa shape index (κ3) is 7.52. The zero-order valence-corrected chi connectivity index (χ0v) is 24.2. The highest BCUT2D eigenvalue weighted by Gasteiger charge is 2.21. The summed E-state index contributed by atoms with van der Waals surface area (Å²) in [6, 6.07) is 16.5. The van der Waals surface area contributed by atoms with Crippen molar-refractivity contribution in [3.8, 4) is 28.2 Å². The summed E-state index contributed by atoms with van der Waals surface area (Å²) in [5.74, 6) is -0.397. The van der Waals surface area contributed by atoms with Crippen LogP contribution in [0.5, 0.6) is 5.75 Å². The zero-order valence-electron chi connectivity index (χ0n) is 24.2. The van der Waals surface area contributed by atoms with Gasteiger partial charge in [-0.2, -0.15) is 0 Å². The smallest absolute Gasteiger partial charge is 0.336 e. The van der Waals surface area contributed by atoms with Gasteiger partial charge < -0.3 is 24.9 Å². The molecule has 1 amide bonds. The molecular weight excluding hydrogens is 550 g/mol. The molecule has 2 aromatic carbocycles. The van der Waals surface area contributed by atoms with Crippen molar-refractivity contribution in [2.75, 3.05) is 20.2 Å². The number of nitrogens with one attached hydrogen (secondary N) is 2. The van der Waals surface area contributed by atoms with Crippen LogP contribution in [0, 0.1) is 0 Å². The molecule has 1 aliphatic heterocycles. The molecule has 0 atom stereocenters. The van der Waals surface area contributed by atoms with Gasteiger partial charge in [0.15, 0.2) is 5.43 Å². The molecule has 5 rings (SSSR count). The van der Waals surface area contributed by atoms with Crippen LogP contribution in [0.15, 0.2) is 88.2 Å². The number of amides is 1. The number of likely N-dealkylation sites (N-methyl/N-ethyl adjacent to an activating group) is 1. The number of ether oxygens (including phenoxy) is 1. The van der Waals surface area contributed by atoms with E-state index in [-0.39, 0.29) is 30.1 Å². The van der Waals surface area contributed by atoms with E-state index < -0.39 is 5.97 Å². The minimum Gasteiger partial charge on any atom is -0.492 e. The van der Waals surface area contributed by atoms with Gasteiger partial charge >= 0.3 is 5.97 Å². The summed E-state index contributed by atoms with van der Waals surface area (Å²) < 4.78 is 13.6. The SMILES string of the molecule is CC.CNC/C=C/C(=O)NCc1cn(CCOc2ccc3c(-c4ccccc4C(=O)O)c4ccc(=O)cc-4oc3c2)nn1. The van der Waals surface area contributed by atoms with E-state index in [1.54, 1.807) is 66.5 Å². The molecule has 3 aromatic rings. The normalized spacial score (nSPS) is 11.0. The number of hydrogen-bond donors (Lipinski definition) is 3. The Kier molecular flexibility index (Phi) is 10.4. The van der Waals surface area contributed by atoms with Crippen molar-refractivity contribution in [1.29, 1.82) is 0 Å². The molecule has 11 nitrogen and oxygen atoms in total. The van der Waals surface area contributed by atoms with E-state index in [1.165, 1.54) is 18.2 Å².